The number of carbonyl (C=O) groups excluding carboxylic acids is 2. The first kappa shape index (κ1) is 20.4. The molecule has 9 heteroatoms. The Bertz CT molecular complexity index is 1050. The molecule has 3 amide bonds. The van der Waals surface area contributed by atoms with E-state index in [2.05, 4.69) is 27.2 Å². The van der Waals surface area contributed by atoms with Gasteiger partial charge < -0.3 is 5.32 Å². The Kier molecular flexibility index (Phi) is 5.16. The average Bonchev–Trinajstić information content (AvgIpc) is 3.15. The molecule has 3 N–H and O–H groups in total. The zero-order valence-corrected chi connectivity index (χ0v) is 17.7. The smallest absolute Gasteiger partial charge is 0.324 e. The molecule has 2 aliphatic heterocycles. The zero-order chi connectivity index (χ0) is 21.7. The number of nitrogens with zero attached hydrogens (tertiary/aromatic N) is 2. The van der Waals surface area contributed by atoms with Gasteiger partial charge in [-0.1, -0.05) is 17.7 Å². The minimum absolute atomic E-state index is 0.0284. The first-order chi connectivity index (χ1) is 14.9. The van der Waals surface area contributed by atoms with Crippen molar-refractivity contribution in [2.45, 2.75) is 44.4 Å². The van der Waals surface area contributed by atoms with Crippen LogP contribution in [-0.2, 0) is 11.3 Å². The summed E-state index contributed by atoms with van der Waals surface area (Å²) in [6.07, 6.45) is 3.13. The lowest BCUT2D eigenvalue weighted by Crippen LogP contribution is -2.63. The number of halogens is 2. The summed E-state index contributed by atoms with van der Waals surface area (Å²) in [4.78, 5) is 31.5. The normalized spacial score (nSPS) is 30.0. The molecule has 3 aliphatic rings. The largest absolute Gasteiger partial charge is 0.334 e. The summed E-state index contributed by atoms with van der Waals surface area (Å²) >= 11 is 5.86. The predicted molar refractivity (Wildman–Crippen MR) is 112 cm³/mol. The lowest BCUT2D eigenvalue weighted by Gasteiger charge is -2.44. The number of nitrogens with one attached hydrogen (secondary N) is 3. The molecule has 3 fully saturated rings. The molecule has 0 spiro atoms. The highest BCUT2D eigenvalue weighted by Gasteiger charge is 2.51. The molecule has 5 unspecified atom stereocenters. The Hall–Kier alpha value is -2.55. The van der Waals surface area contributed by atoms with E-state index in [0.29, 0.717) is 18.4 Å². The summed E-state index contributed by atoms with van der Waals surface area (Å²) in [6, 6.07) is 7.90. The van der Waals surface area contributed by atoms with Gasteiger partial charge in [0.2, 0.25) is 5.91 Å². The van der Waals surface area contributed by atoms with Crippen molar-refractivity contribution in [1.29, 1.82) is 0 Å². The number of rotatable bonds is 3. The zero-order valence-electron chi connectivity index (χ0n) is 16.9. The van der Waals surface area contributed by atoms with Crippen LogP contribution in [0.15, 0.2) is 36.5 Å². The van der Waals surface area contributed by atoms with Gasteiger partial charge in [-0.05, 0) is 61.1 Å². The van der Waals surface area contributed by atoms with Crippen LogP contribution in [0.2, 0.25) is 5.02 Å². The van der Waals surface area contributed by atoms with Crippen molar-refractivity contribution in [3.63, 3.8) is 0 Å². The van der Waals surface area contributed by atoms with Gasteiger partial charge in [-0.25, -0.2) is 14.6 Å². The van der Waals surface area contributed by atoms with Gasteiger partial charge in [-0.15, -0.1) is 0 Å². The minimum Gasteiger partial charge on any atom is -0.334 e. The number of fused-ring (bicyclic) bond motifs is 2. The quantitative estimate of drug-likeness (QED) is 0.679. The lowest BCUT2D eigenvalue weighted by molar-refractivity contribution is -0.138. The number of urea groups is 1. The van der Waals surface area contributed by atoms with E-state index in [-0.39, 0.29) is 47.4 Å². The van der Waals surface area contributed by atoms with Crippen molar-refractivity contribution >= 4 is 23.5 Å². The lowest BCUT2D eigenvalue weighted by atomic mass is 9.71. The molecule has 0 radical (unpaired) electrons. The number of hydrazine groups is 1. The summed E-state index contributed by atoms with van der Waals surface area (Å²) in [5.74, 6) is -0.813. The number of benzene rings is 1. The number of aromatic nitrogens is 1. The Labute approximate surface area is 184 Å². The van der Waals surface area contributed by atoms with E-state index in [1.807, 2.05) is 13.0 Å². The van der Waals surface area contributed by atoms with E-state index in [1.54, 1.807) is 6.20 Å². The molecule has 31 heavy (non-hydrogen) atoms. The fourth-order valence-corrected chi connectivity index (χ4v) is 5.31. The molecule has 2 aromatic rings. The Morgan fingerprint density at radius 1 is 1.16 bits per heavy atom. The third kappa shape index (κ3) is 3.69. The molecule has 1 saturated carbocycles. The number of carbonyl (C=O) groups is 2. The number of hydrogen-bond acceptors (Lipinski definition) is 5. The molecule has 0 bridgehead atoms. The van der Waals surface area contributed by atoms with Gasteiger partial charge in [0, 0.05) is 24.0 Å². The summed E-state index contributed by atoms with van der Waals surface area (Å²) in [5, 5.41) is 2.97. The van der Waals surface area contributed by atoms with Gasteiger partial charge in [-0.2, -0.15) is 0 Å². The van der Waals surface area contributed by atoms with Gasteiger partial charge in [0.15, 0.2) is 0 Å². The van der Waals surface area contributed by atoms with E-state index >= 15 is 0 Å². The summed E-state index contributed by atoms with van der Waals surface area (Å²) in [7, 11) is 0. The number of aryl methyl sites for hydroxylation is 1. The second kappa shape index (κ2) is 7.85. The summed E-state index contributed by atoms with van der Waals surface area (Å²) in [5.41, 5.74) is 9.42. The highest BCUT2D eigenvalue weighted by molar-refractivity contribution is 6.30. The minimum atomic E-state index is -0.531. The molecule has 1 aromatic carbocycles. The van der Waals surface area contributed by atoms with Crippen LogP contribution in [0.4, 0.5) is 9.18 Å². The highest BCUT2D eigenvalue weighted by Crippen LogP contribution is 2.42. The van der Waals surface area contributed by atoms with Gasteiger partial charge in [0.25, 0.3) is 0 Å². The topological polar surface area (TPSA) is 86.4 Å². The predicted octanol–water partition coefficient (Wildman–Crippen LogP) is 2.85. The monoisotopic (exact) mass is 443 g/mol. The molecule has 3 heterocycles. The van der Waals surface area contributed by atoms with Crippen molar-refractivity contribution in [3.8, 4) is 0 Å². The van der Waals surface area contributed by atoms with Gasteiger partial charge in [-0.3, -0.25) is 20.1 Å². The maximum atomic E-state index is 13.5. The molecule has 2 saturated heterocycles. The maximum absolute atomic E-state index is 13.5. The third-order valence-electron chi connectivity index (χ3n) is 6.63. The second-order valence-corrected chi connectivity index (χ2v) is 8.98. The van der Waals surface area contributed by atoms with E-state index in [9.17, 15) is 14.0 Å². The van der Waals surface area contributed by atoms with Crippen molar-refractivity contribution in [2.24, 2.45) is 11.8 Å². The van der Waals surface area contributed by atoms with Crippen LogP contribution in [0.1, 0.15) is 35.7 Å². The maximum Gasteiger partial charge on any atom is 0.324 e. The Balaban J connectivity index is 1.36. The standard InChI is InChI=1S/C22H23ClFN5O2/c1-11-6-13(4-5-25-11)20-14-8-15-18(9-19(14)27-28-20)26-22(31)29(21(15)30)10-12-2-3-17(24)16(23)7-12/h2-7,14-15,18-20,27-28H,8-10H2,1H3,(H,26,31). The van der Waals surface area contributed by atoms with Crippen LogP contribution in [0, 0.1) is 24.6 Å². The van der Waals surface area contributed by atoms with Crippen LogP contribution in [0.25, 0.3) is 0 Å². The van der Waals surface area contributed by atoms with Crippen molar-refractivity contribution in [2.75, 3.05) is 0 Å². The third-order valence-corrected chi connectivity index (χ3v) is 6.92. The average molecular weight is 444 g/mol. The molecular formula is C22H23ClFN5O2. The van der Waals surface area contributed by atoms with Crippen LogP contribution < -0.4 is 16.2 Å². The Morgan fingerprint density at radius 3 is 2.77 bits per heavy atom. The number of amides is 3. The molecule has 1 aliphatic carbocycles. The molecule has 1 aromatic heterocycles. The van der Waals surface area contributed by atoms with E-state index in [0.717, 1.165) is 11.3 Å². The second-order valence-electron chi connectivity index (χ2n) is 8.57. The fourth-order valence-electron chi connectivity index (χ4n) is 5.10. The highest BCUT2D eigenvalue weighted by atomic mass is 35.5. The van der Waals surface area contributed by atoms with Crippen molar-refractivity contribution < 1.29 is 14.0 Å². The molecule has 5 atom stereocenters. The van der Waals surface area contributed by atoms with Gasteiger partial charge in [0.1, 0.15) is 5.82 Å². The van der Waals surface area contributed by atoms with Crippen molar-refractivity contribution in [1.82, 2.24) is 26.1 Å². The van der Waals surface area contributed by atoms with Crippen molar-refractivity contribution in [3.05, 3.63) is 64.2 Å². The number of hydrogen-bond donors (Lipinski definition) is 3. The first-order valence-electron chi connectivity index (χ1n) is 10.4. The summed E-state index contributed by atoms with van der Waals surface area (Å²) in [6.45, 7) is 2.02. The number of pyridine rings is 1. The van der Waals surface area contributed by atoms with Gasteiger partial charge >= 0.3 is 6.03 Å². The van der Waals surface area contributed by atoms with Crippen LogP contribution in [-0.4, -0.2) is 33.9 Å². The van der Waals surface area contributed by atoms with E-state index < -0.39 is 11.8 Å². The fraction of sp³-hybridized carbons (Fsp3) is 0.409. The van der Waals surface area contributed by atoms with E-state index in [4.69, 9.17) is 11.6 Å². The van der Waals surface area contributed by atoms with Crippen LogP contribution >= 0.6 is 11.6 Å². The first-order valence-corrected chi connectivity index (χ1v) is 10.8. The number of imide groups is 1. The van der Waals surface area contributed by atoms with Gasteiger partial charge in [0.05, 0.1) is 23.5 Å². The van der Waals surface area contributed by atoms with Crippen LogP contribution in [0.5, 0.6) is 0 Å². The molecular weight excluding hydrogens is 421 g/mol. The SMILES string of the molecule is Cc1cc(C2NNC3CC4NC(=O)N(Cc5ccc(F)c(Cl)c5)C(=O)C4CC32)ccn1. The summed E-state index contributed by atoms with van der Waals surface area (Å²) < 4.78 is 13.5. The Morgan fingerprint density at radius 2 is 2.00 bits per heavy atom. The molecule has 5 rings (SSSR count). The molecule has 162 valence electrons. The van der Waals surface area contributed by atoms with E-state index in [1.165, 1.54) is 23.1 Å². The molecule has 7 nitrogen and oxygen atoms in total. The van der Waals surface area contributed by atoms with Crippen LogP contribution in [0.3, 0.4) is 0 Å².